The molecule has 108 valence electrons. The first-order chi connectivity index (χ1) is 9.62. The number of hydrogen-bond donors (Lipinski definition) is 2. The molecular formula is C13H17BrN4O2. The summed E-state index contributed by atoms with van der Waals surface area (Å²) < 4.78 is 13.2. The highest BCUT2D eigenvalue weighted by molar-refractivity contribution is 9.10. The van der Waals surface area contributed by atoms with E-state index in [1.54, 1.807) is 18.9 Å². The molecule has 0 amide bonds. The number of nitrogens with zero attached hydrogens (tertiary/aromatic N) is 2. The maximum absolute atomic E-state index is 5.69. The number of hydrazine groups is 1. The van der Waals surface area contributed by atoms with E-state index in [9.17, 15) is 0 Å². The lowest BCUT2D eigenvalue weighted by Crippen LogP contribution is -2.29. The molecule has 0 saturated heterocycles. The highest BCUT2D eigenvalue weighted by Gasteiger charge is 2.22. The third-order valence-electron chi connectivity index (χ3n) is 3.02. The Morgan fingerprint density at radius 3 is 2.55 bits per heavy atom. The summed E-state index contributed by atoms with van der Waals surface area (Å²) in [6.07, 6.45) is 1.87. The van der Waals surface area contributed by atoms with E-state index in [4.69, 9.17) is 15.3 Å². The van der Waals surface area contributed by atoms with Gasteiger partial charge >= 0.3 is 0 Å². The molecule has 2 aromatic rings. The van der Waals surface area contributed by atoms with Crippen LogP contribution in [-0.2, 0) is 7.05 Å². The molecular weight excluding hydrogens is 324 g/mol. The quantitative estimate of drug-likeness (QED) is 0.640. The van der Waals surface area contributed by atoms with Crippen molar-refractivity contribution in [3.63, 3.8) is 0 Å². The van der Waals surface area contributed by atoms with Crippen LogP contribution in [0, 0.1) is 0 Å². The number of hydrogen-bond acceptors (Lipinski definition) is 5. The van der Waals surface area contributed by atoms with Crippen molar-refractivity contribution in [3.8, 4) is 11.5 Å². The van der Waals surface area contributed by atoms with Crippen molar-refractivity contribution < 1.29 is 9.47 Å². The normalized spacial score (nSPS) is 12.2. The zero-order valence-electron chi connectivity index (χ0n) is 11.6. The molecule has 1 atom stereocenters. The summed E-state index contributed by atoms with van der Waals surface area (Å²) >= 11 is 3.48. The molecule has 6 nitrogen and oxygen atoms in total. The van der Waals surface area contributed by atoms with Gasteiger partial charge in [-0.2, -0.15) is 5.10 Å². The summed E-state index contributed by atoms with van der Waals surface area (Å²) in [5.41, 5.74) is 4.46. The molecule has 0 aliphatic rings. The summed E-state index contributed by atoms with van der Waals surface area (Å²) in [6, 6.07) is 5.40. The van der Waals surface area contributed by atoms with E-state index in [0.29, 0.717) is 11.5 Å². The number of aromatic nitrogens is 2. The molecule has 1 aromatic carbocycles. The molecule has 0 saturated carbocycles. The summed E-state index contributed by atoms with van der Waals surface area (Å²) in [4.78, 5) is 0. The zero-order chi connectivity index (χ0) is 14.7. The number of rotatable bonds is 5. The number of nitrogens with one attached hydrogen (secondary N) is 1. The van der Waals surface area contributed by atoms with Gasteiger partial charge in [-0.15, -0.1) is 0 Å². The minimum Gasteiger partial charge on any atom is -0.495 e. The van der Waals surface area contributed by atoms with Crippen molar-refractivity contribution in [2.45, 2.75) is 6.04 Å². The van der Waals surface area contributed by atoms with Crippen LogP contribution in [0.5, 0.6) is 11.5 Å². The second-order valence-electron chi connectivity index (χ2n) is 4.22. The molecule has 1 unspecified atom stereocenters. The smallest absolute Gasteiger partial charge is 0.142 e. The Morgan fingerprint density at radius 1 is 1.30 bits per heavy atom. The van der Waals surface area contributed by atoms with Crippen LogP contribution in [0.2, 0.25) is 0 Å². The number of methoxy groups -OCH3 is 2. The van der Waals surface area contributed by atoms with E-state index in [1.807, 2.05) is 31.4 Å². The van der Waals surface area contributed by atoms with Crippen LogP contribution >= 0.6 is 15.9 Å². The Kier molecular flexibility index (Phi) is 4.64. The van der Waals surface area contributed by atoms with Gasteiger partial charge in [-0.05, 0) is 34.1 Å². The number of nitrogens with two attached hydrogens (primary N) is 1. The molecule has 0 radical (unpaired) electrons. The van der Waals surface area contributed by atoms with Crippen molar-refractivity contribution in [3.05, 3.63) is 40.1 Å². The van der Waals surface area contributed by atoms with Gasteiger partial charge in [0.15, 0.2) is 0 Å². The van der Waals surface area contributed by atoms with E-state index in [0.717, 1.165) is 15.7 Å². The molecule has 0 aliphatic carbocycles. The first kappa shape index (κ1) is 14.8. The second-order valence-corrected chi connectivity index (χ2v) is 5.01. The van der Waals surface area contributed by atoms with Crippen molar-refractivity contribution in [1.82, 2.24) is 15.2 Å². The van der Waals surface area contributed by atoms with E-state index in [-0.39, 0.29) is 6.04 Å². The van der Waals surface area contributed by atoms with Crippen molar-refractivity contribution in [1.29, 1.82) is 0 Å². The van der Waals surface area contributed by atoms with Crippen LogP contribution in [0.25, 0.3) is 0 Å². The zero-order valence-corrected chi connectivity index (χ0v) is 13.1. The Hall–Kier alpha value is -1.57. The molecule has 7 heteroatoms. The third kappa shape index (κ3) is 2.65. The molecule has 0 spiro atoms. The minimum absolute atomic E-state index is 0.270. The fraction of sp³-hybridized carbons (Fsp3) is 0.308. The summed E-state index contributed by atoms with van der Waals surface area (Å²) in [5, 5.41) is 4.38. The molecule has 1 aromatic heterocycles. The molecule has 1 heterocycles. The predicted octanol–water partition coefficient (Wildman–Crippen LogP) is 1.75. The maximum atomic E-state index is 5.69. The van der Waals surface area contributed by atoms with Gasteiger partial charge in [0.05, 0.1) is 26.0 Å². The minimum atomic E-state index is -0.270. The summed E-state index contributed by atoms with van der Waals surface area (Å²) in [7, 11) is 5.07. The Morgan fingerprint density at radius 2 is 2.05 bits per heavy atom. The number of benzene rings is 1. The number of aryl methyl sites for hydroxylation is 1. The first-order valence-corrected chi connectivity index (χ1v) is 6.77. The Labute approximate surface area is 126 Å². The van der Waals surface area contributed by atoms with Gasteiger partial charge in [0.2, 0.25) is 0 Å². The van der Waals surface area contributed by atoms with Gasteiger partial charge in [-0.25, -0.2) is 5.43 Å². The van der Waals surface area contributed by atoms with E-state index < -0.39 is 0 Å². The lowest BCUT2D eigenvalue weighted by molar-refractivity contribution is 0.382. The standard InChI is InChI=1S/C13H17BrN4O2/c1-18-7-6-9(17-18)12(16-15)8-4-5-10(19-2)11(14)13(8)20-3/h4-7,12,16H,15H2,1-3H3. The Balaban J connectivity index is 2.52. The SMILES string of the molecule is COc1ccc(C(NN)c2ccn(C)n2)c(OC)c1Br. The van der Waals surface area contributed by atoms with Crippen molar-refractivity contribution >= 4 is 15.9 Å². The monoisotopic (exact) mass is 340 g/mol. The molecule has 3 N–H and O–H groups in total. The van der Waals surface area contributed by atoms with Crippen LogP contribution in [0.4, 0.5) is 0 Å². The highest BCUT2D eigenvalue weighted by atomic mass is 79.9. The maximum Gasteiger partial charge on any atom is 0.142 e. The second kappa shape index (κ2) is 6.25. The number of ether oxygens (including phenoxy) is 2. The molecule has 0 aliphatic heterocycles. The van der Waals surface area contributed by atoms with Crippen LogP contribution in [0.1, 0.15) is 17.3 Å². The van der Waals surface area contributed by atoms with Gasteiger partial charge in [0.1, 0.15) is 16.0 Å². The average molecular weight is 341 g/mol. The first-order valence-electron chi connectivity index (χ1n) is 5.98. The lowest BCUT2D eigenvalue weighted by Gasteiger charge is -2.19. The molecule has 20 heavy (non-hydrogen) atoms. The largest absolute Gasteiger partial charge is 0.495 e. The summed E-state index contributed by atoms with van der Waals surface area (Å²) in [6.45, 7) is 0. The van der Waals surface area contributed by atoms with Crippen molar-refractivity contribution in [2.75, 3.05) is 14.2 Å². The molecule has 2 rings (SSSR count). The van der Waals surface area contributed by atoms with Gasteiger partial charge in [0, 0.05) is 18.8 Å². The van der Waals surface area contributed by atoms with E-state index in [1.165, 1.54) is 0 Å². The predicted molar refractivity (Wildman–Crippen MR) is 79.6 cm³/mol. The van der Waals surface area contributed by atoms with Gasteiger partial charge in [0.25, 0.3) is 0 Å². The van der Waals surface area contributed by atoms with Crippen LogP contribution in [0.3, 0.4) is 0 Å². The average Bonchev–Trinajstić information content (AvgIpc) is 2.86. The Bertz CT molecular complexity index is 600. The number of halogens is 1. The fourth-order valence-electron chi connectivity index (χ4n) is 2.07. The van der Waals surface area contributed by atoms with Gasteiger partial charge in [-0.3, -0.25) is 10.5 Å². The highest BCUT2D eigenvalue weighted by Crippen LogP contribution is 2.40. The summed E-state index contributed by atoms with van der Waals surface area (Å²) in [5.74, 6) is 7.05. The van der Waals surface area contributed by atoms with E-state index >= 15 is 0 Å². The van der Waals surface area contributed by atoms with Gasteiger partial charge in [-0.1, -0.05) is 0 Å². The lowest BCUT2D eigenvalue weighted by atomic mass is 10.0. The topological polar surface area (TPSA) is 74.3 Å². The van der Waals surface area contributed by atoms with Gasteiger partial charge < -0.3 is 9.47 Å². The van der Waals surface area contributed by atoms with E-state index in [2.05, 4.69) is 26.5 Å². The van der Waals surface area contributed by atoms with Crippen LogP contribution in [-0.4, -0.2) is 24.0 Å². The van der Waals surface area contributed by atoms with Crippen molar-refractivity contribution in [2.24, 2.45) is 12.9 Å². The molecule has 0 bridgehead atoms. The molecule has 0 fully saturated rings. The third-order valence-corrected chi connectivity index (χ3v) is 3.77. The van der Waals surface area contributed by atoms with Crippen LogP contribution < -0.4 is 20.7 Å². The van der Waals surface area contributed by atoms with Crippen LogP contribution in [0.15, 0.2) is 28.9 Å². The fourth-order valence-corrected chi connectivity index (χ4v) is 2.75.